The van der Waals surface area contributed by atoms with Crippen LogP contribution in [-0.4, -0.2) is 28.2 Å². The highest BCUT2D eigenvalue weighted by atomic mass is 16.5. The number of anilines is 1. The van der Waals surface area contributed by atoms with Gasteiger partial charge in [0, 0.05) is 13.2 Å². The summed E-state index contributed by atoms with van der Waals surface area (Å²) < 4.78 is 4.83. The fraction of sp³-hybridized carbons (Fsp3) is 0.571. The lowest BCUT2D eigenvalue weighted by Gasteiger charge is -1.86. The van der Waals surface area contributed by atoms with Crippen molar-refractivity contribution in [3.63, 3.8) is 0 Å². The maximum atomic E-state index is 10.3. The van der Waals surface area contributed by atoms with Gasteiger partial charge >= 0.3 is 11.4 Å². The van der Waals surface area contributed by atoms with Crippen molar-refractivity contribution in [2.45, 2.75) is 13.8 Å². The van der Waals surface area contributed by atoms with Crippen molar-refractivity contribution in [1.82, 2.24) is 15.0 Å². The van der Waals surface area contributed by atoms with Crippen LogP contribution in [-0.2, 0) is 4.74 Å². The Kier molecular flexibility index (Phi) is 6.04. The van der Waals surface area contributed by atoms with Gasteiger partial charge in [-0.15, -0.1) is 0 Å². The fourth-order valence-electron chi connectivity index (χ4n) is 0.614. The van der Waals surface area contributed by atoms with Gasteiger partial charge in [-0.05, 0) is 13.8 Å². The number of ether oxygens (including phenoxy) is 1. The molecule has 1 heterocycles. The Balaban J connectivity index is 0.000000292. The highest BCUT2D eigenvalue weighted by Gasteiger charge is 1.88. The predicted molar refractivity (Wildman–Crippen MR) is 52.1 cm³/mol. The van der Waals surface area contributed by atoms with E-state index in [1.54, 1.807) is 0 Å². The van der Waals surface area contributed by atoms with Crippen molar-refractivity contribution in [2.75, 3.05) is 18.9 Å². The second-order valence-electron chi connectivity index (χ2n) is 2.16. The van der Waals surface area contributed by atoms with Gasteiger partial charge in [0.25, 0.3) is 0 Å². The van der Waals surface area contributed by atoms with Crippen LogP contribution in [0.3, 0.4) is 0 Å². The Labute approximate surface area is 80.3 Å². The molecule has 80 valence electrons. The first kappa shape index (κ1) is 12.4. The third kappa shape index (κ3) is 5.95. The number of hydrogen-bond donors (Lipinski definition) is 3. The quantitative estimate of drug-likeness (QED) is 0.574. The van der Waals surface area contributed by atoms with E-state index in [-0.39, 0.29) is 5.95 Å². The van der Waals surface area contributed by atoms with E-state index in [0.29, 0.717) is 0 Å². The molecule has 0 saturated heterocycles. The molecule has 0 bridgehead atoms. The molecule has 0 aromatic carbocycles. The third-order valence-electron chi connectivity index (χ3n) is 1.09. The molecule has 0 radical (unpaired) electrons. The summed E-state index contributed by atoms with van der Waals surface area (Å²) in [6.07, 6.45) is 0. The average Bonchev–Trinajstić information content (AvgIpc) is 2.03. The molecule has 7 nitrogen and oxygen atoms in total. The minimum atomic E-state index is -0.740. The van der Waals surface area contributed by atoms with Gasteiger partial charge in [-0.25, -0.2) is 9.59 Å². The first-order chi connectivity index (χ1) is 6.60. The van der Waals surface area contributed by atoms with Crippen LogP contribution in [0.1, 0.15) is 13.8 Å². The Morgan fingerprint density at radius 3 is 2.14 bits per heavy atom. The summed E-state index contributed by atoms with van der Waals surface area (Å²) in [7, 11) is 0. The standard InChI is InChI=1S/C4H10O.C3H4N4O2/c1-3-5-4-2;4-1-5-2(8)7-3(9)6-1/h3-4H2,1-2H3;(H4,4,5,6,7,8,9). The van der Waals surface area contributed by atoms with Gasteiger partial charge in [-0.2, -0.15) is 4.98 Å². The second-order valence-corrected chi connectivity index (χ2v) is 2.16. The molecule has 4 N–H and O–H groups in total. The van der Waals surface area contributed by atoms with Gasteiger partial charge in [0.15, 0.2) is 0 Å². The van der Waals surface area contributed by atoms with Crippen LogP contribution in [0.25, 0.3) is 0 Å². The summed E-state index contributed by atoms with van der Waals surface area (Å²) in [5.41, 5.74) is 3.59. The van der Waals surface area contributed by atoms with Crippen molar-refractivity contribution in [2.24, 2.45) is 0 Å². The smallest absolute Gasteiger partial charge is 0.352 e. The molecule has 0 spiro atoms. The number of H-pyrrole nitrogens is 2. The monoisotopic (exact) mass is 202 g/mol. The van der Waals surface area contributed by atoms with Crippen molar-refractivity contribution in [3.05, 3.63) is 21.0 Å². The molecule has 7 heteroatoms. The molecule has 0 amide bonds. The minimum Gasteiger partial charge on any atom is -0.382 e. The molecule has 0 aliphatic carbocycles. The summed E-state index contributed by atoms with van der Waals surface area (Å²) in [5, 5.41) is 0. The Morgan fingerprint density at radius 1 is 1.29 bits per heavy atom. The molecule has 0 aliphatic heterocycles. The maximum absolute atomic E-state index is 10.3. The normalized spacial score (nSPS) is 9.00. The van der Waals surface area contributed by atoms with Crippen LogP contribution in [0.5, 0.6) is 0 Å². The van der Waals surface area contributed by atoms with Crippen LogP contribution >= 0.6 is 0 Å². The van der Waals surface area contributed by atoms with Crippen LogP contribution < -0.4 is 17.1 Å². The number of nitrogens with zero attached hydrogens (tertiary/aromatic N) is 1. The lowest BCUT2D eigenvalue weighted by atomic mass is 10.8. The summed E-state index contributed by atoms with van der Waals surface area (Å²) in [6.45, 7) is 5.67. The van der Waals surface area contributed by atoms with Crippen LogP contribution in [0, 0.1) is 0 Å². The fourth-order valence-corrected chi connectivity index (χ4v) is 0.614. The Bertz CT molecular complexity index is 326. The molecule has 1 aromatic heterocycles. The molecule has 0 aliphatic rings. The maximum Gasteiger partial charge on any atom is 0.352 e. The molecule has 0 fully saturated rings. The zero-order valence-corrected chi connectivity index (χ0v) is 8.16. The predicted octanol–water partition coefficient (Wildman–Crippen LogP) is -0.917. The number of rotatable bonds is 2. The molecular weight excluding hydrogens is 188 g/mol. The van der Waals surface area contributed by atoms with E-state index in [2.05, 4.69) is 9.97 Å². The first-order valence-electron chi connectivity index (χ1n) is 4.14. The van der Waals surface area contributed by atoms with Crippen molar-refractivity contribution < 1.29 is 4.74 Å². The zero-order chi connectivity index (χ0) is 11.0. The van der Waals surface area contributed by atoms with Crippen LogP contribution in [0.15, 0.2) is 9.59 Å². The molecule has 14 heavy (non-hydrogen) atoms. The number of aromatic amines is 2. The van der Waals surface area contributed by atoms with Gasteiger partial charge in [-0.3, -0.25) is 9.97 Å². The number of aromatic nitrogens is 3. The van der Waals surface area contributed by atoms with E-state index in [4.69, 9.17) is 10.5 Å². The largest absolute Gasteiger partial charge is 0.382 e. The number of nitrogens with two attached hydrogens (primary N) is 1. The minimum absolute atomic E-state index is 0.177. The molecular formula is C7H14N4O3. The molecule has 0 atom stereocenters. The average molecular weight is 202 g/mol. The van der Waals surface area contributed by atoms with E-state index in [1.165, 1.54) is 0 Å². The molecule has 0 unspecified atom stereocenters. The summed E-state index contributed by atoms with van der Waals surface area (Å²) >= 11 is 0. The molecule has 1 aromatic rings. The van der Waals surface area contributed by atoms with Gasteiger partial charge in [-0.1, -0.05) is 0 Å². The summed E-state index contributed by atoms with van der Waals surface area (Å²) in [4.78, 5) is 27.6. The highest BCUT2D eigenvalue weighted by Crippen LogP contribution is 1.69. The topological polar surface area (TPSA) is 114 Å². The van der Waals surface area contributed by atoms with E-state index in [1.807, 2.05) is 18.8 Å². The molecule has 0 saturated carbocycles. The van der Waals surface area contributed by atoms with E-state index in [9.17, 15) is 9.59 Å². The lowest BCUT2D eigenvalue weighted by molar-refractivity contribution is 0.162. The van der Waals surface area contributed by atoms with E-state index < -0.39 is 11.4 Å². The summed E-state index contributed by atoms with van der Waals surface area (Å²) in [6, 6.07) is 0. The number of nitrogen functional groups attached to an aromatic ring is 1. The van der Waals surface area contributed by atoms with Crippen LogP contribution in [0.2, 0.25) is 0 Å². The third-order valence-corrected chi connectivity index (χ3v) is 1.09. The van der Waals surface area contributed by atoms with Crippen molar-refractivity contribution in [3.8, 4) is 0 Å². The van der Waals surface area contributed by atoms with Gasteiger partial charge in [0.05, 0.1) is 0 Å². The van der Waals surface area contributed by atoms with E-state index in [0.717, 1.165) is 13.2 Å². The van der Waals surface area contributed by atoms with Crippen molar-refractivity contribution >= 4 is 5.95 Å². The second kappa shape index (κ2) is 6.84. The van der Waals surface area contributed by atoms with Gasteiger partial charge in [0.1, 0.15) is 0 Å². The first-order valence-corrected chi connectivity index (χ1v) is 4.14. The number of nitrogens with one attached hydrogen (secondary N) is 2. The Morgan fingerprint density at radius 2 is 1.86 bits per heavy atom. The summed E-state index contributed by atoms with van der Waals surface area (Å²) in [5.74, 6) is -0.177. The highest BCUT2D eigenvalue weighted by molar-refractivity contribution is 5.08. The van der Waals surface area contributed by atoms with Gasteiger partial charge < -0.3 is 10.5 Å². The van der Waals surface area contributed by atoms with Crippen molar-refractivity contribution in [1.29, 1.82) is 0 Å². The van der Waals surface area contributed by atoms with E-state index >= 15 is 0 Å². The number of hydrogen-bond acceptors (Lipinski definition) is 5. The lowest BCUT2D eigenvalue weighted by Crippen LogP contribution is -2.25. The SMILES string of the molecule is CCOCC.Nc1nc(=O)[nH]c(=O)[nH]1. The van der Waals surface area contributed by atoms with Crippen LogP contribution in [0.4, 0.5) is 5.95 Å². The molecule has 1 rings (SSSR count). The zero-order valence-electron chi connectivity index (χ0n) is 8.16. The van der Waals surface area contributed by atoms with Gasteiger partial charge in [0.2, 0.25) is 5.95 Å². The Hall–Kier alpha value is -1.63.